The van der Waals surface area contributed by atoms with Crippen LogP contribution in [0, 0.1) is 5.92 Å². The van der Waals surface area contributed by atoms with E-state index in [4.69, 9.17) is 5.73 Å². The summed E-state index contributed by atoms with van der Waals surface area (Å²) in [4.78, 5) is 13.5. The molecule has 15 heavy (non-hydrogen) atoms. The van der Waals surface area contributed by atoms with Crippen LogP contribution < -0.4 is 11.1 Å². The van der Waals surface area contributed by atoms with Gasteiger partial charge < -0.3 is 16.0 Å². The van der Waals surface area contributed by atoms with Crippen molar-refractivity contribution in [2.45, 2.75) is 38.3 Å². The summed E-state index contributed by atoms with van der Waals surface area (Å²) in [5.41, 5.74) is 5.58. The van der Waals surface area contributed by atoms with Crippen molar-refractivity contribution in [3.8, 4) is 0 Å². The Morgan fingerprint density at radius 1 is 1.53 bits per heavy atom. The highest BCUT2D eigenvalue weighted by Gasteiger charge is 2.29. The summed E-state index contributed by atoms with van der Waals surface area (Å²) in [5, 5.41) is 3.53. The first-order chi connectivity index (χ1) is 7.16. The van der Waals surface area contributed by atoms with E-state index in [1.54, 1.807) is 6.92 Å². The summed E-state index contributed by atoms with van der Waals surface area (Å²) in [6, 6.07) is 0.139. The zero-order chi connectivity index (χ0) is 10.8. The Hall–Kier alpha value is -0.610. The van der Waals surface area contributed by atoms with Gasteiger partial charge in [-0.1, -0.05) is 0 Å². The monoisotopic (exact) mass is 211 g/mol. The molecule has 1 saturated heterocycles. The minimum atomic E-state index is -0.354. The molecule has 0 unspecified atom stereocenters. The minimum absolute atomic E-state index is 0.0886. The third-order valence-electron chi connectivity index (χ3n) is 3.28. The molecule has 0 aromatic carbocycles. The van der Waals surface area contributed by atoms with Gasteiger partial charge >= 0.3 is 0 Å². The van der Waals surface area contributed by atoms with Gasteiger partial charge in [0.25, 0.3) is 0 Å². The highest BCUT2D eigenvalue weighted by atomic mass is 16.2. The lowest BCUT2D eigenvalue weighted by Crippen LogP contribution is -2.42. The van der Waals surface area contributed by atoms with Gasteiger partial charge in [0, 0.05) is 19.1 Å². The molecule has 2 rings (SSSR count). The van der Waals surface area contributed by atoms with E-state index in [-0.39, 0.29) is 11.9 Å². The lowest BCUT2D eigenvalue weighted by molar-refractivity contribution is -0.131. The van der Waals surface area contributed by atoms with Crippen LogP contribution in [0.25, 0.3) is 0 Å². The molecule has 2 atom stereocenters. The highest BCUT2D eigenvalue weighted by Crippen LogP contribution is 2.28. The van der Waals surface area contributed by atoms with Crippen molar-refractivity contribution < 1.29 is 4.79 Å². The number of hydrogen-bond acceptors (Lipinski definition) is 3. The fourth-order valence-corrected chi connectivity index (χ4v) is 2.07. The summed E-state index contributed by atoms with van der Waals surface area (Å²) in [6.07, 6.45) is 3.83. The smallest absolute Gasteiger partial charge is 0.239 e. The molecular formula is C11H21N3O. The van der Waals surface area contributed by atoms with Crippen LogP contribution in [0.4, 0.5) is 0 Å². The number of nitrogens with one attached hydrogen (secondary N) is 1. The predicted molar refractivity (Wildman–Crippen MR) is 59.4 cm³/mol. The Morgan fingerprint density at radius 3 is 2.87 bits per heavy atom. The highest BCUT2D eigenvalue weighted by molar-refractivity contribution is 5.81. The van der Waals surface area contributed by atoms with Crippen molar-refractivity contribution in [3.05, 3.63) is 0 Å². The molecule has 86 valence electrons. The molecule has 4 heteroatoms. The van der Waals surface area contributed by atoms with Crippen LogP contribution in [0.3, 0.4) is 0 Å². The van der Waals surface area contributed by atoms with Crippen molar-refractivity contribution in [3.63, 3.8) is 0 Å². The van der Waals surface area contributed by atoms with Crippen molar-refractivity contribution in [1.29, 1.82) is 0 Å². The van der Waals surface area contributed by atoms with Crippen LogP contribution in [0.2, 0.25) is 0 Å². The fraction of sp³-hybridized carbons (Fsp3) is 0.909. The molecule has 2 aliphatic rings. The van der Waals surface area contributed by atoms with Crippen LogP contribution in [-0.4, -0.2) is 42.5 Å². The fourth-order valence-electron chi connectivity index (χ4n) is 2.07. The van der Waals surface area contributed by atoms with E-state index in [0.29, 0.717) is 6.04 Å². The molecule has 3 N–H and O–H groups in total. The second kappa shape index (κ2) is 4.49. The van der Waals surface area contributed by atoms with E-state index in [2.05, 4.69) is 5.32 Å². The van der Waals surface area contributed by atoms with Gasteiger partial charge in [-0.2, -0.15) is 0 Å². The molecule has 0 aromatic heterocycles. The van der Waals surface area contributed by atoms with Crippen molar-refractivity contribution >= 4 is 5.91 Å². The quantitative estimate of drug-likeness (QED) is 0.684. The molecular weight excluding hydrogens is 190 g/mol. The Bertz CT molecular complexity index is 238. The van der Waals surface area contributed by atoms with Gasteiger partial charge in [0.1, 0.15) is 0 Å². The molecule has 0 aromatic rings. The summed E-state index contributed by atoms with van der Waals surface area (Å²) in [5.74, 6) is 0.994. The number of nitrogens with zero attached hydrogens (tertiary/aromatic N) is 1. The Kier molecular flexibility index (Phi) is 3.26. The van der Waals surface area contributed by atoms with E-state index in [0.717, 1.165) is 32.0 Å². The zero-order valence-corrected chi connectivity index (χ0v) is 9.41. The summed E-state index contributed by atoms with van der Waals surface area (Å²) >= 11 is 0. The maximum absolute atomic E-state index is 11.6. The van der Waals surface area contributed by atoms with E-state index >= 15 is 0 Å². The molecule has 4 nitrogen and oxygen atoms in total. The van der Waals surface area contributed by atoms with E-state index in [1.807, 2.05) is 4.90 Å². The molecule has 2 fully saturated rings. The van der Waals surface area contributed by atoms with Gasteiger partial charge in [-0.25, -0.2) is 0 Å². The van der Waals surface area contributed by atoms with Crippen LogP contribution in [0.1, 0.15) is 26.2 Å². The first kappa shape index (κ1) is 10.9. The summed E-state index contributed by atoms with van der Waals surface area (Å²) < 4.78 is 0. The molecule has 1 aliphatic heterocycles. The number of rotatable bonds is 4. The molecule has 0 spiro atoms. The number of nitrogens with two attached hydrogens (primary N) is 1. The second-order valence-corrected chi connectivity index (χ2v) is 4.91. The van der Waals surface area contributed by atoms with Gasteiger partial charge in [-0.3, -0.25) is 4.79 Å². The molecule has 1 saturated carbocycles. The lowest BCUT2D eigenvalue weighted by Gasteiger charge is -2.19. The van der Waals surface area contributed by atoms with E-state index < -0.39 is 0 Å². The number of likely N-dealkylation sites (tertiary alicyclic amines) is 1. The molecule has 1 heterocycles. The largest absolute Gasteiger partial charge is 0.340 e. The number of hydrogen-bond donors (Lipinski definition) is 2. The number of carbonyl (C=O) groups is 1. The molecule has 1 aliphatic carbocycles. The Labute approximate surface area is 91.2 Å². The van der Waals surface area contributed by atoms with Crippen molar-refractivity contribution in [2.24, 2.45) is 11.7 Å². The third kappa shape index (κ3) is 2.92. The minimum Gasteiger partial charge on any atom is -0.340 e. The number of carbonyl (C=O) groups excluding carboxylic acids is 1. The van der Waals surface area contributed by atoms with Gasteiger partial charge in [-0.05, 0) is 38.6 Å². The van der Waals surface area contributed by atoms with Gasteiger partial charge in [0.05, 0.1) is 6.04 Å². The SMILES string of the molecule is C[C@H](N)C(=O)N1CC[C@H](NCC2CC2)C1. The molecule has 0 radical (unpaired) electrons. The number of amides is 1. The van der Waals surface area contributed by atoms with Gasteiger partial charge in [-0.15, -0.1) is 0 Å². The maximum atomic E-state index is 11.6. The normalized spacial score (nSPS) is 28.1. The zero-order valence-electron chi connectivity index (χ0n) is 9.41. The van der Waals surface area contributed by atoms with Crippen LogP contribution in [0.15, 0.2) is 0 Å². The van der Waals surface area contributed by atoms with Gasteiger partial charge in [0.2, 0.25) is 5.91 Å². The lowest BCUT2D eigenvalue weighted by atomic mass is 10.2. The van der Waals surface area contributed by atoms with Crippen molar-refractivity contribution in [1.82, 2.24) is 10.2 Å². The topological polar surface area (TPSA) is 58.4 Å². The second-order valence-electron chi connectivity index (χ2n) is 4.91. The van der Waals surface area contributed by atoms with Crippen molar-refractivity contribution in [2.75, 3.05) is 19.6 Å². The van der Waals surface area contributed by atoms with E-state index in [9.17, 15) is 4.79 Å². The van der Waals surface area contributed by atoms with Crippen LogP contribution >= 0.6 is 0 Å². The molecule has 1 amide bonds. The van der Waals surface area contributed by atoms with Crippen LogP contribution in [0.5, 0.6) is 0 Å². The first-order valence-electron chi connectivity index (χ1n) is 5.94. The Morgan fingerprint density at radius 2 is 2.27 bits per heavy atom. The molecule has 0 bridgehead atoms. The average molecular weight is 211 g/mol. The Balaban J connectivity index is 1.70. The maximum Gasteiger partial charge on any atom is 0.239 e. The average Bonchev–Trinajstić information content (AvgIpc) is 2.92. The van der Waals surface area contributed by atoms with Gasteiger partial charge in [0.15, 0.2) is 0 Å². The summed E-state index contributed by atoms with van der Waals surface area (Å²) in [6.45, 7) is 4.59. The first-order valence-corrected chi connectivity index (χ1v) is 5.94. The summed E-state index contributed by atoms with van der Waals surface area (Å²) in [7, 11) is 0. The standard InChI is InChI=1S/C11H21N3O/c1-8(12)11(15)14-5-4-10(7-14)13-6-9-2-3-9/h8-10,13H,2-7,12H2,1H3/t8-,10-/m0/s1. The predicted octanol–water partition coefficient (Wildman–Crippen LogP) is -0.0659. The van der Waals surface area contributed by atoms with Crippen LogP contribution in [-0.2, 0) is 4.79 Å². The third-order valence-corrected chi connectivity index (χ3v) is 3.28. The van der Waals surface area contributed by atoms with E-state index in [1.165, 1.54) is 12.8 Å².